The first kappa shape index (κ1) is 23.1. The molecule has 4 heteroatoms. The van der Waals surface area contributed by atoms with Crippen LogP contribution in [0.25, 0.3) is 10.8 Å². The number of benzene rings is 4. The van der Waals surface area contributed by atoms with Gasteiger partial charge in [-0.15, -0.1) is 0 Å². The van der Waals surface area contributed by atoms with Crippen molar-refractivity contribution in [2.45, 2.75) is 50.3 Å². The van der Waals surface area contributed by atoms with Crippen molar-refractivity contribution in [2.24, 2.45) is 0 Å². The molecule has 1 aliphatic rings. The molecule has 0 saturated heterocycles. The van der Waals surface area contributed by atoms with Gasteiger partial charge in [0.2, 0.25) is 6.10 Å². The molecule has 4 aromatic rings. The second kappa shape index (κ2) is 10.3. The van der Waals surface area contributed by atoms with Crippen molar-refractivity contribution in [3.8, 4) is 5.75 Å². The molecule has 0 aromatic heterocycles. The van der Waals surface area contributed by atoms with Gasteiger partial charge in [-0.2, -0.15) is 0 Å². The van der Waals surface area contributed by atoms with E-state index in [4.69, 9.17) is 4.74 Å². The molecule has 2 N–H and O–H groups in total. The molecule has 1 fully saturated rings. The molecule has 4 atom stereocenters. The van der Waals surface area contributed by atoms with E-state index >= 15 is 0 Å². The topological polar surface area (TPSA) is 58.6 Å². The van der Waals surface area contributed by atoms with Crippen molar-refractivity contribution in [1.29, 1.82) is 0 Å². The van der Waals surface area contributed by atoms with Crippen molar-refractivity contribution in [3.63, 3.8) is 0 Å². The number of nitrogens with one attached hydrogen (secondary N) is 1. The maximum Gasteiger partial charge on any atom is 0.349 e. The largest absolute Gasteiger partial charge is 0.478 e. The molecule has 0 radical (unpaired) electrons. The fourth-order valence-electron chi connectivity index (χ4n) is 5.35. The van der Waals surface area contributed by atoms with E-state index in [9.17, 15) is 9.90 Å². The van der Waals surface area contributed by atoms with Gasteiger partial charge < -0.3 is 15.2 Å². The van der Waals surface area contributed by atoms with Crippen molar-refractivity contribution >= 4 is 16.7 Å². The van der Waals surface area contributed by atoms with Crippen LogP contribution < -0.4 is 10.1 Å². The van der Waals surface area contributed by atoms with Crippen LogP contribution in [-0.4, -0.2) is 17.1 Å². The van der Waals surface area contributed by atoms with Gasteiger partial charge in [-0.3, -0.25) is 0 Å². The van der Waals surface area contributed by atoms with E-state index in [-0.39, 0.29) is 6.04 Å². The number of hydrogen-bond donors (Lipinski definition) is 2. The molecule has 3 unspecified atom stereocenters. The normalized spacial score (nSPS) is 19.3. The van der Waals surface area contributed by atoms with Crippen molar-refractivity contribution in [1.82, 2.24) is 5.32 Å². The number of ether oxygens (including phenoxy) is 1. The third-order valence-corrected chi connectivity index (χ3v) is 7.14. The summed E-state index contributed by atoms with van der Waals surface area (Å²) < 4.78 is 5.83. The number of fused-ring (bicyclic) bond motifs is 1. The highest BCUT2D eigenvalue weighted by Gasteiger charge is 2.28. The molecule has 0 aliphatic heterocycles. The highest BCUT2D eigenvalue weighted by molar-refractivity contribution is 5.86. The Bertz CT molecular complexity index is 1280. The maximum absolute atomic E-state index is 11.7. The first-order chi connectivity index (χ1) is 17.1. The molecule has 1 aliphatic carbocycles. The molecule has 0 bridgehead atoms. The molecule has 0 amide bonds. The van der Waals surface area contributed by atoms with Crippen LogP contribution >= 0.6 is 0 Å². The number of carbonyl (C=O) groups is 1. The quantitative estimate of drug-likeness (QED) is 0.293. The molecular weight excluding hydrogens is 434 g/mol. The standard InChI is InChI=1S/C31H31NO3/c1-21(28-13-7-11-23-8-5-6-12-29(23)28)32-26-17-14-25(20-26)22-15-18-27(19-16-22)35-30(31(33)34)24-9-3-2-4-10-24/h2-13,15-16,18-19,21,25-26,30,32H,14,17,20H2,1H3,(H,33,34)/t21?,25?,26-,30?/m0/s1. The van der Waals surface area contributed by atoms with Gasteiger partial charge in [0, 0.05) is 17.6 Å². The van der Waals surface area contributed by atoms with Gasteiger partial charge in [0.25, 0.3) is 0 Å². The average molecular weight is 466 g/mol. The Morgan fingerprint density at radius 2 is 1.60 bits per heavy atom. The summed E-state index contributed by atoms with van der Waals surface area (Å²) in [4.78, 5) is 11.7. The van der Waals surface area contributed by atoms with Gasteiger partial charge >= 0.3 is 5.97 Å². The van der Waals surface area contributed by atoms with Crippen LogP contribution in [-0.2, 0) is 4.79 Å². The lowest BCUT2D eigenvalue weighted by atomic mass is 9.96. The number of carboxylic acid groups (broad SMARTS) is 1. The Morgan fingerprint density at radius 1 is 0.886 bits per heavy atom. The van der Waals surface area contributed by atoms with Crippen molar-refractivity contribution < 1.29 is 14.6 Å². The van der Waals surface area contributed by atoms with Gasteiger partial charge in [0.05, 0.1) is 0 Å². The Morgan fingerprint density at radius 3 is 2.37 bits per heavy atom. The first-order valence-corrected chi connectivity index (χ1v) is 12.4. The summed E-state index contributed by atoms with van der Waals surface area (Å²) in [5.41, 5.74) is 3.26. The van der Waals surface area contributed by atoms with Crippen LogP contribution in [0.1, 0.15) is 60.9 Å². The van der Waals surface area contributed by atoms with E-state index in [2.05, 4.69) is 66.8 Å². The van der Waals surface area contributed by atoms with Gasteiger partial charge in [-0.25, -0.2) is 4.79 Å². The van der Waals surface area contributed by atoms with Gasteiger partial charge in [0.1, 0.15) is 5.75 Å². The minimum absolute atomic E-state index is 0.284. The molecule has 0 heterocycles. The summed E-state index contributed by atoms with van der Waals surface area (Å²) >= 11 is 0. The predicted octanol–water partition coefficient (Wildman–Crippen LogP) is 7.03. The monoisotopic (exact) mass is 465 g/mol. The minimum Gasteiger partial charge on any atom is -0.478 e. The summed E-state index contributed by atoms with van der Waals surface area (Å²) in [6, 6.07) is 32.9. The van der Waals surface area contributed by atoms with Gasteiger partial charge in [0.15, 0.2) is 0 Å². The van der Waals surface area contributed by atoms with Crippen LogP contribution in [0, 0.1) is 0 Å². The Labute approximate surface area is 206 Å². The summed E-state index contributed by atoms with van der Waals surface area (Å²) in [7, 11) is 0. The molecule has 178 valence electrons. The minimum atomic E-state index is -1.02. The third kappa shape index (κ3) is 5.23. The van der Waals surface area contributed by atoms with Crippen LogP contribution in [0.15, 0.2) is 97.1 Å². The van der Waals surface area contributed by atoms with E-state index in [0.717, 1.165) is 19.3 Å². The van der Waals surface area contributed by atoms with E-state index in [1.807, 2.05) is 30.3 Å². The second-order valence-corrected chi connectivity index (χ2v) is 9.48. The number of hydrogen-bond acceptors (Lipinski definition) is 3. The second-order valence-electron chi connectivity index (χ2n) is 9.48. The van der Waals surface area contributed by atoms with Crippen LogP contribution in [0.3, 0.4) is 0 Å². The third-order valence-electron chi connectivity index (χ3n) is 7.14. The number of aliphatic carboxylic acids is 1. The molecule has 4 nitrogen and oxygen atoms in total. The van der Waals surface area contributed by atoms with Gasteiger partial charge in [-0.05, 0) is 66.1 Å². The van der Waals surface area contributed by atoms with E-state index in [1.165, 1.54) is 21.9 Å². The molecule has 35 heavy (non-hydrogen) atoms. The number of rotatable bonds is 8. The summed E-state index contributed by atoms with van der Waals surface area (Å²) in [5, 5.41) is 16.1. The molecule has 0 spiro atoms. The van der Waals surface area contributed by atoms with Crippen molar-refractivity contribution in [3.05, 3.63) is 114 Å². The lowest BCUT2D eigenvalue weighted by Gasteiger charge is -2.22. The van der Waals surface area contributed by atoms with Crippen molar-refractivity contribution in [2.75, 3.05) is 0 Å². The SMILES string of the molecule is CC(N[C@H]1CCC(c2ccc(OC(C(=O)O)c3ccccc3)cc2)C1)c1cccc2ccccc12. The molecule has 1 saturated carbocycles. The summed E-state index contributed by atoms with van der Waals surface area (Å²) in [6.45, 7) is 2.26. The van der Waals surface area contributed by atoms with E-state index in [1.54, 1.807) is 12.1 Å². The smallest absolute Gasteiger partial charge is 0.349 e. The van der Waals surface area contributed by atoms with E-state index in [0.29, 0.717) is 23.3 Å². The molecule has 5 rings (SSSR count). The molecule has 4 aromatic carbocycles. The zero-order valence-corrected chi connectivity index (χ0v) is 19.9. The molecular formula is C31H31NO3. The fourth-order valence-corrected chi connectivity index (χ4v) is 5.35. The lowest BCUT2D eigenvalue weighted by molar-refractivity contribution is -0.145. The van der Waals surface area contributed by atoms with Gasteiger partial charge in [-0.1, -0.05) is 84.9 Å². The number of carboxylic acids is 1. The van der Waals surface area contributed by atoms with Crippen LogP contribution in [0.4, 0.5) is 0 Å². The van der Waals surface area contributed by atoms with E-state index < -0.39 is 12.1 Å². The summed E-state index contributed by atoms with van der Waals surface area (Å²) in [5.74, 6) is 0.0678. The predicted molar refractivity (Wildman–Crippen MR) is 140 cm³/mol. The Balaban J connectivity index is 1.21. The lowest BCUT2D eigenvalue weighted by Crippen LogP contribution is -2.29. The highest BCUT2D eigenvalue weighted by Crippen LogP contribution is 2.37. The Hall–Kier alpha value is -3.63. The summed E-state index contributed by atoms with van der Waals surface area (Å²) in [6.07, 6.45) is 2.36. The van der Waals surface area contributed by atoms with Crippen LogP contribution in [0.5, 0.6) is 5.75 Å². The zero-order chi connectivity index (χ0) is 24.2. The highest BCUT2D eigenvalue weighted by atomic mass is 16.5. The van der Waals surface area contributed by atoms with Crippen LogP contribution in [0.2, 0.25) is 0 Å². The Kier molecular flexibility index (Phi) is 6.82. The average Bonchev–Trinajstić information content (AvgIpc) is 3.36. The zero-order valence-electron chi connectivity index (χ0n) is 19.9. The maximum atomic E-state index is 11.7. The first-order valence-electron chi connectivity index (χ1n) is 12.4. The fraction of sp³-hybridized carbons (Fsp3) is 0.258.